The molecule has 0 bridgehead atoms. The molecule has 0 atom stereocenters. The van der Waals surface area contributed by atoms with Gasteiger partial charge in [-0.25, -0.2) is 0 Å². The molecule has 0 heterocycles. The van der Waals surface area contributed by atoms with E-state index in [0.29, 0.717) is 5.92 Å². The van der Waals surface area contributed by atoms with Crippen LogP contribution < -0.4 is 0 Å². The highest BCUT2D eigenvalue weighted by molar-refractivity contribution is 5.72. The first kappa shape index (κ1) is 20.6. The lowest BCUT2D eigenvalue weighted by Crippen LogP contribution is -2.06. The highest BCUT2D eigenvalue weighted by Crippen LogP contribution is 2.36. The average molecular weight is 373 g/mol. The van der Waals surface area contributed by atoms with Crippen molar-refractivity contribution >= 4 is 5.57 Å². The Balaban J connectivity index is 1.95. The third-order valence-corrected chi connectivity index (χ3v) is 6.33. The summed E-state index contributed by atoms with van der Waals surface area (Å²) in [6.07, 6.45) is 9.00. The Kier molecular flexibility index (Phi) is 6.94. The lowest BCUT2D eigenvalue weighted by Gasteiger charge is -2.23. The third-order valence-electron chi connectivity index (χ3n) is 6.33. The first-order chi connectivity index (χ1) is 13.4. The zero-order valence-electron chi connectivity index (χ0n) is 18.1. The van der Waals surface area contributed by atoms with Gasteiger partial charge in [-0.1, -0.05) is 93.8 Å². The summed E-state index contributed by atoms with van der Waals surface area (Å²) in [4.78, 5) is 0. The van der Waals surface area contributed by atoms with Crippen LogP contribution in [0.3, 0.4) is 0 Å². The lowest BCUT2D eigenvalue weighted by atomic mass is 9.82. The smallest absolute Gasteiger partial charge is 0.0162 e. The zero-order chi connectivity index (χ0) is 20.1. The van der Waals surface area contributed by atoms with Gasteiger partial charge in [-0.2, -0.15) is 0 Å². The van der Waals surface area contributed by atoms with Gasteiger partial charge >= 0.3 is 0 Å². The number of allylic oxidation sites excluding steroid dienone is 2. The number of hydrogen-bond acceptors (Lipinski definition) is 0. The molecule has 0 N–H and O–H groups in total. The van der Waals surface area contributed by atoms with Gasteiger partial charge in [-0.3, -0.25) is 0 Å². The normalized spacial score (nSPS) is 15.0. The average Bonchev–Trinajstić information content (AvgIpc) is 2.72. The predicted molar refractivity (Wildman–Crippen MR) is 125 cm³/mol. The molecule has 2 aromatic carbocycles. The summed E-state index contributed by atoms with van der Waals surface area (Å²) in [6, 6.07) is 16.2. The second-order valence-corrected chi connectivity index (χ2v) is 8.97. The largest absolute Gasteiger partial charge is 0.0996 e. The standard InChI is InChI=1S/C28H36/c1-20(2)22(5)14-15-23-16-27(24-10-7-6-8-11-24)19-28(17-23)26-13-9-12-25(18-26)21(3)4/h9,12-13,16-20,24H,3,5-8,10-11,14-15H2,1-2,4H3. The fraction of sp³-hybridized carbons (Fsp3) is 0.429. The highest BCUT2D eigenvalue weighted by atomic mass is 14.2. The highest BCUT2D eigenvalue weighted by Gasteiger charge is 2.17. The van der Waals surface area contributed by atoms with Crippen molar-refractivity contribution < 1.29 is 0 Å². The molecule has 0 radical (unpaired) electrons. The lowest BCUT2D eigenvalue weighted by molar-refractivity contribution is 0.443. The first-order valence-electron chi connectivity index (χ1n) is 11.0. The molecule has 0 aromatic heterocycles. The van der Waals surface area contributed by atoms with Crippen LogP contribution in [0.1, 0.15) is 81.9 Å². The molecule has 148 valence electrons. The Morgan fingerprint density at radius 2 is 1.71 bits per heavy atom. The Morgan fingerprint density at radius 1 is 0.964 bits per heavy atom. The summed E-state index contributed by atoms with van der Waals surface area (Å²) in [7, 11) is 0. The quantitative estimate of drug-likeness (QED) is 0.427. The van der Waals surface area contributed by atoms with Crippen molar-refractivity contribution in [1.29, 1.82) is 0 Å². The number of rotatable bonds is 7. The summed E-state index contributed by atoms with van der Waals surface area (Å²) < 4.78 is 0. The van der Waals surface area contributed by atoms with Gasteiger partial charge in [-0.15, -0.1) is 0 Å². The van der Waals surface area contributed by atoms with Crippen LogP contribution in [0.4, 0.5) is 0 Å². The number of aryl methyl sites for hydroxylation is 1. The van der Waals surface area contributed by atoms with E-state index in [1.54, 1.807) is 5.56 Å². The Morgan fingerprint density at radius 3 is 2.39 bits per heavy atom. The van der Waals surface area contributed by atoms with Crippen LogP contribution in [0.15, 0.2) is 61.2 Å². The van der Waals surface area contributed by atoms with Crippen molar-refractivity contribution in [2.75, 3.05) is 0 Å². The van der Waals surface area contributed by atoms with E-state index in [2.05, 4.69) is 76.4 Å². The van der Waals surface area contributed by atoms with Crippen molar-refractivity contribution in [2.45, 2.75) is 71.6 Å². The van der Waals surface area contributed by atoms with Crippen molar-refractivity contribution in [3.05, 3.63) is 77.9 Å². The zero-order valence-corrected chi connectivity index (χ0v) is 18.1. The molecule has 0 heteroatoms. The minimum Gasteiger partial charge on any atom is -0.0996 e. The van der Waals surface area contributed by atoms with Gasteiger partial charge in [0.2, 0.25) is 0 Å². The third kappa shape index (κ3) is 5.25. The van der Waals surface area contributed by atoms with Crippen LogP contribution in [0.5, 0.6) is 0 Å². The van der Waals surface area contributed by atoms with E-state index in [0.717, 1.165) is 24.3 Å². The predicted octanol–water partition coefficient (Wildman–Crippen LogP) is 8.58. The molecule has 1 aliphatic carbocycles. The molecule has 1 fully saturated rings. The maximum atomic E-state index is 4.28. The van der Waals surface area contributed by atoms with E-state index >= 15 is 0 Å². The summed E-state index contributed by atoms with van der Waals surface area (Å²) in [5.41, 5.74) is 9.38. The summed E-state index contributed by atoms with van der Waals surface area (Å²) in [5.74, 6) is 1.29. The molecule has 3 rings (SSSR count). The van der Waals surface area contributed by atoms with Crippen LogP contribution in [0.25, 0.3) is 16.7 Å². The van der Waals surface area contributed by atoms with Crippen molar-refractivity contribution in [3.8, 4) is 11.1 Å². The number of benzene rings is 2. The Bertz CT molecular complexity index is 831. The molecule has 1 saturated carbocycles. The van der Waals surface area contributed by atoms with E-state index in [1.807, 2.05) is 0 Å². The maximum absolute atomic E-state index is 4.28. The van der Waals surface area contributed by atoms with E-state index in [4.69, 9.17) is 0 Å². The Labute approximate surface area is 172 Å². The van der Waals surface area contributed by atoms with Crippen LogP contribution in [-0.4, -0.2) is 0 Å². The minimum atomic E-state index is 0.563. The summed E-state index contributed by atoms with van der Waals surface area (Å²) >= 11 is 0. The van der Waals surface area contributed by atoms with E-state index in [-0.39, 0.29) is 0 Å². The molecule has 2 aromatic rings. The molecular formula is C28H36. The molecule has 0 saturated heterocycles. The molecule has 0 aliphatic heterocycles. The van der Waals surface area contributed by atoms with E-state index in [1.165, 1.54) is 59.9 Å². The molecule has 0 unspecified atom stereocenters. The van der Waals surface area contributed by atoms with Gasteiger partial charge in [0.25, 0.3) is 0 Å². The second kappa shape index (κ2) is 9.41. The van der Waals surface area contributed by atoms with Crippen LogP contribution in [-0.2, 0) is 6.42 Å². The van der Waals surface area contributed by atoms with Crippen LogP contribution in [0.2, 0.25) is 0 Å². The fourth-order valence-corrected chi connectivity index (χ4v) is 4.26. The molecule has 0 nitrogen and oxygen atoms in total. The summed E-state index contributed by atoms with van der Waals surface area (Å²) in [5, 5.41) is 0. The Hall–Kier alpha value is -2.08. The van der Waals surface area contributed by atoms with E-state index in [9.17, 15) is 0 Å². The minimum absolute atomic E-state index is 0.563. The van der Waals surface area contributed by atoms with Crippen LogP contribution >= 0.6 is 0 Å². The molecular weight excluding hydrogens is 336 g/mol. The fourth-order valence-electron chi connectivity index (χ4n) is 4.26. The van der Waals surface area contributed by atoms with Crippen molar-refractivity contribution in [2.24, 2.45) is 5.92 Å². The summed E-state index contributed by atoms with van der Waals surface area (Å²) in [6.45, 7) is 15.0. The number of hydrogen-bond donors (Lipinski definition) is 0. The monoisotopic (exact) mass is 372 g/mol. The molecule has 1 aliphatic rings. The van der Waals surface area contributed by atoms with Gasteiger partial charge < -0.3 is 0 Å². The van der Waals surface area contributed by atoms with Crippen molar-refractivity contribution in [1.82, 2.24) is 0 Å². The van der Waals surface area contributed by atoms with Crippen molar-refractivity contribution in [3.63, 3.8) is 0 Å². The topological polar surface area (TPSA) is 0 Å². The van der Waals surface area contributed by atoms with Crippen LogP contribution in [0, 0.1) is 5.92 Å². The SMILES string of the molecule is C=C(C)c1cccc(-c2cc(CCC(=C)C(C)C)cc(C3CCCCC3)c2)c1. The van der Waals surface area contributed by atoms with E-state index < -0.39 is 0 Å². The van der Waals surface area contributed by atoms with Gasteiger partial charge in [0.1, 0.15) is 0 Å². The second-order valence-electron chi connectivity index (χ2n) is 8.97. The molecule has 0 spiro atoms. The van der Waals surface area contributed by atoms with Gasteiger partial charge in [0.15, 0.2) is 0 Å². The maximum Gasteiger partial charge on any atom is -0.0162 e. The van der Waals surface area contributed by atoms with Gasteiger partial charge in [0, 0.05) is 0 Å². The molecule has 0 amide bonds. The van der Waals surface area contributed by atoms with Gasteiger partial charge in [-0.05, 0) is 78.3 Å². The first-order valence-corrected chi connectivity index (χ1v) is 11.0. The molecule has 28 heavy (non-hydrogen) atoms. The van der Waals surface area contributed by atoms with Gasteiger partial charge in [0.05, 0.1) is 0 Å².